The molecule has 1 nitrogen and oxygen atoms in total. The molecule has 1 N–H and O–H groups in total. The Morgan fingerprint density at radius 3 is 2.14 bits per heavy atom. The van der Waals surface area contributed by atoms with Crippen molar-refractivity contribution in [3.63, 3.8) is 0 Å². The Labute approximate surface area is 132 Å². The van der Waals surface area contributed by atoms with Gasteiger partial charge in [-0.3, -0.25) is 0 Å². The minimum Gasteiger partial charge on any atom is -0.314 e. The number of rotatable bonds is 9. The van der Waals surface area contributed by atoms with Gasteiger partial charge in [0.05, 0.1) is 0 Å². The lowest BCUT2D eigenvalue weighted by atomic mass is 9.74. The average Bonchev–Trinajstić information content (AvgIpc) is 2.41. The third-order valence-corrected chi connectivity index (χ3v) is 4.56. The summed E-state index contributed by atoms with van der Waals surface area (Å²) in [5, 5.41) is 3.70. The van der Waals surface area contributed by atoms with Gasteiger partial charge in [-0.2, -0.15) is 0 Å². The fourth-order valence-electron chi connectivity index (χ4n) is 3.24. The lowest BCUT2D eigenvalue weighted by Crippen LogP contribution is -2.39. The zero-order chi connectivity index (χ0) is 15.9. The van der Waals surface area contributed by atoms with Gasteiger partial charge in [-0.25, -0.2) is 0 Å². The summed E-state index contributed by atoms with van der Waals surface area (Å²) in [5.74, 6) is 0. The molecule has 1 aromatic carbocycles. The van der Waals surface area contributed by atoms with Crippen molar-refractivity contribution in [2.45, 2.75) is 79.7 Å². The third kappa shape index (κ3) is 6.22. The van der Waals surface area contributed by atoms with Crippen molar-refractivity contribution in [3.05, 3.63) is 34.9 Å². The molecule has 1 atom stereocenters. The predicted octanol–water partition coefficient (Wildman–Crippen LogP) is 5.43. The Hall–Kier alpha value is -0.820. The second-order valence-corrected chi connectivity index (χ2v) is 7.17. The van der Waals surface area contributed by atoms with Gasteiger partial charge in [0.1, 0.15) is 0 Å². The average molecular weight is 290 g/mol. The Balaban J connectivity index is 2.92. The molecular weight excluding hydrogens is 254 g/mol. The highest BCUT2D eigenvalue weighted by Gasteiger charge is 2.28. The van der Waals surface area contributed by atoms with Crippen LogP contribution in [0, 0.1) is 19.3 Å². The molecular formula is C20H35N. The molecule has 1 unspecified atom stereocenters. The van der Waals surface area contributed by atoms with Gasteiger partial charge in [0.2, 0.25) is 0 Å². The van der Waals surface area contributed by atoms with Crippen molar-refractivity contribution in [3.8, 4) is 0 Å². The zero-order valence-corrected chi connectivity index (χ0v) is 15.1. The molecule has 0 radical (unpaired) electrons. The van der Waals surface area contributed by atoms with Gasteiger partial charge < -0.3 is 5.32 Å². The van der Waals surface area contributed by atoms with Crippen LogP contribution in [0.4, 0.5) is 0 Å². The van der Waals surface area contributed by atoms with Crippen LogP contribution < -0.4 is 5.32 Å². The molecule has 0 aliphatic heterocycles. The maximum absolute atomic E-state index is 3.70. The quantitative estimate of drug-likeness (QED) is 0.639. The predicted molar refractivity (Wildman–Crippen MR) is 95.0 cm³/mol. The topological polar surface area (TPSA) is 12.0 Å². The molecule has 0 bridgehead atoms. The van der Waals surface area contributed by atoms with Crippen LogP contribution in [0.5, 0.6) is 0 Å². The summed E-state index contributed by atoms with van der Waals surface area (Å²) in [4.78, 5) is 0. The summed E-state index contributed by atoms with van der Waals surface area (Å²) in [6.45, 7) is 14.7. The lowest BCUT2D eigenvalue weighted by Gasteiger charge is -2.34. The fourth-order valence-corrected chi connectivity index (χ4v) is 3.24. The van der Waals surface area contributed by atoms with E-state index in [-0.39, 0.29) is 0 Å². The Bertz CT molecular complexity index is 402. The van der Waals surface area contributed by atoms with Crippen LogP contribution in [0.25, 0.3) is 0 Å². The van der Waals surface area contributed by atoms with Crippen molar-refractivity contribution >= 4 is 0 Å². The van der Waals surface area contributed by atoms with Gasteiger partial charge in [0, 0.05) is 12.6 Å². The minimum atomic E-state index is 0.403. The molecule has 0 aromatic heterocycles. The van der Waals surface area contributed by atoms with Crippen LogP contribution >= 0.6 is 0 Å². The standard InChI is InChI=1S/C20H35N/c1-7-9-10-20(8-2,15-21-16(3)4)14-19-12-17(5)11-18(6)13-19/h11-13,16,21H,7-10,14-15H2,1-6H3. The number of hydrogen-bond donors (Lipinski definition) is 1. The molecule has 0 aliphatic rings. The zero-order valence-electron chi connectivity index (χ0n) is 15.1. The van der Waals surface area contributed by atoms with Crippen LogP contribution in [-0.2, 0) is 6.42 Å². The van der Waals surface area contributed by atoms with E-state index in [4.69, 9.17) is 0 Å². The Kier molecular flexibility index (Phi) is 7.45. The summed E-state index contributed by atoms with van der Waals surface area (Å²) in [6.07, 6.45) is 6.40. The van der Waals surface area contributed by atoms with Gasteiger partial charge in [-0.05, 0) is 44.1 Å². The van der Waals surface area contributed by atoms with Crippen molar-refractivity contribution in [2.24, 2.45) is 5.41 Å². The monoisotopic (exact) mass is 289 g/mol. The molecule has 0 saturated heterocycles. The van der Waals surface area contributed by atoms with Crippen LogP contribution in [0.1, 0.15) is 70.1 Å². The van der Waals surface area contributed by atoms with Gasteiger partial charge in [0.15, 0.2) is 0 Å². The van der Waals surface area contributed by atoms with E-state index in [0.29, 0.717) is 11.5 Å². The van der Waals surface area contributed by atoms with E-state index in [1.807, 2.05) is 0 Å². The summed E-state index contributed by atoms with van der Waals surface area (Å²) in [7, 11) is 0. The number of nitrogens with one attached hydrogen (secondary N) is 1. The summed E-state index contributed by atoms with van der Waals surface area (Å²) in [6, 6.07) is 7.59. The Morgan fingerprint density at radius 2 is 1.67 bits per heavy atom. The first-order valence-corrected chi connectivity index (χ1v) is 8.71. The van der Waals surface area contributed by atoms with E-state index < -0.39 is 0 Å². The molecule has 0 aliphatic carbocycles. The van der Waals surface area contributed by atoms with E-state index in [0.717, 1.165) is 6.54 Å². The van der Waals surface area contributed by atoms with E-state index in [1.165, 1.54) is 48.8 Å². The van der Waals surface area contributed by atoms with Crippen LogP contribution in [0.2, 0.25) is 0 Å². The van der Waals surface area contributed by atoms with Crippen LogP contribution in [0.3, 0.4) is 0 Å². The van der Waals surface area contributed by atoms with Crippen molar-refractivity contribution in [1.29, 1.82) is 0 Å². The number of aryl methyl sites for hydroxylation is 2. The first-order valence-electron chi connectivity index (χ1n) is 8.71. The molecule has 21 heavy (non-hydrogen) atoms. The van der Waals surface area contributed by atoms with E-state index >= 15 is 0 Å². The smallest absolute Gasteiger partial charge is 0.00133 e. The van der Waals surface area contributed by atoms with Gasteiger partial charge in [-0.15, -0.1) is 0 Å². The van der Waals surface area contributed by atoms with E-state index in [2.05, 4.69) is 65.1 Å². The number of unbranched alkanes of at least 4 members (excludes halogenated alkanes) is 1. The highest BCUT2D eigenvalue weighted by Crippen LogP contribution is 2.33. The van der Waals surface area contributed by atoms with Gasteiger partial charge in [0.25, 0.3) is 0 Å². The summed E-state index contributed by atoms with van der Waals surface area (Å²) < 4.78 is 0. The molecule has 1 rings (SSSR count). The Morgan fingerprint density at radius 1 is 1.05 bits per heavy atom. The molecule has 1 heteroatoms. The lowest BCUT2D eigenvalue weighted by molar-refractivity contribution is 0.223. The maximum atomic E-state index is 3.70. The number of hydrogen-bond acceptors (Lipinski definition) is 1. The first-order chi connectivity index (χ1) is 9.90. The maximum Gasteiger partial charge on any atom is 0.00133 e. The van der Waals surface area contributed by atoms with Crippen molar-refractivity contribution in [1.82, 2.24) is 5.32 Å². The highest BCUT2D eigenvalue weighted by atomic mass is 14.9. The number of benzene rings is 1. The highest BCUT2D eigenvalue weighted by molar-refractivity contribution is 5.29. The fraction of sp³-hybridized carbons (Fsp3) is 0.700. The molecule has 0 saturated carbocycles. The summed E-state index contributed by atoms with van der Waals surface area (Å²) >= 11 is 0. The minimum absolute atomic E-state index is 0.403. The largest absolute Gasteiger partial charge is 0.314 e. The van der Waals surface area contributed by atoms with Gasteiger partial charge in [-0.1, -0.05) is 69.9 Å². The molecule has 0 fully saturated rings. The summed E-state index contributed by atoms with van der Waals surface area (Å²) in [5.41, 5.74) is 4.70. The van der Waals surface area contributed by atoms with Crippen LogP contribution in [0.15, 0.2) is 18.2 Å². The third-order valence-electron chi connectivity index (χ3n) is 4.56. The SMILES string of the molecule is CCCCC(CC)(CNC(C)C)Cc1cc(C)cc(C)c1. The molecule has 0 heterocycles. The normalized spacial score (nSPS) is 14.4. The van der Waals surface area contributed by atoms with E-state index in [1.54, 1.807) is 0 Å². The van der Waals surface area contributed by atoms with Crippen molar-refractivity contribution < 1.29 is 0 Å². The van der Waals surface area contributed by atoms with Crippen LogP contribution in [-0.4, -0.2) is 12.6 Å². The molecule has 120 valence electrons. The second-order valence-electron chi connectivity index (χ2n) is 7.17. The van der Waals surface area contributed by atoms with Gasteiger partial charge >= 0.3 is 0 Å². The second kappa shape index (κ2) is 8.58. The first kappa shape index (κ1) is 18.2. The van der Waals surface area contributed by atoms with E-state index in [9.17, 15) is 0 Å². The molecule has 0 spiro atoms. The molecule has 1 aromatic rings. The molecule has 0 amide bonds. The van der Waals surface area contributed by atoms with Crippen molar-refractivity contribution in [2.75, 3.05) is 6.54 Å².